The number of imidazole rings is 1. The molecule has 17 heavy (non-hydrogen) atoms. The summed E-state index contributed by atoms with van der Waals surface area (Å²) in [5.74, 6) is -0.414. The molecule has 0 aromatic carbocycles. The lowest BCUT2D eigenvalue weighted by atomic mass is 10.2. The molecule has 0 aliphatic carbocycles. The molecule has 2 aromatic heterocycles. The van der Waals surface area contributed by atoms with Crippen LogP contribution in [0.3, 0.4) is 0 Å². The molecule has 5 nitrogen and oxygen atoms in total. The van der Waals surface area contributed by atoms with Gasteiger partial charge in [-0.05, 0) is 18.6 Å². The third-order valence-corrected chi connectivity index (χ3v) is 2.37. The van der Waals surface area contributed by atoms with Gasteiger partial charge < -0.3 is 9.53 Å². The number of hydrogen-bond acceptors (Lipinski definition) is 4. The Morgan fingerprint density at radius 1 is 1.53 bits per heavy atom. The van der Waals surface area contributed by atoms with E-state index in [4.69, 9.17) is 4.74 Å². The van der Waals surface area contributed by atoms with Crippen LogP contribution in [0.2, 0.25) is 0 Å². The number of carbonyl (C=O) groups excluding carboxylic acids is 2. The molecule has 0 bridgehead atoms. The topological polar surface area (TPSA) is 60.7 Å². The van der Waals surface area contributed by atoms with Gasteiger partial charge in [0.1, 0.15) is 11.9 Å². The van der Waals surface area contributed by atoms with E-state index in [1.807, 2.05) is 6.07 Å². The van der Waals surface area contributed by atoms with Crippen molar-refractivity contribution in [3.8, 4) is 0 Å². The van der Waals surface area contributed by atoms with Gasteiger partial charge in [0, 0.05) is 12.6 Å². The second kappa shape index (κ2) is 4.78. The van der Waals surface area contributed by atoms with E-state index in [9.17, 15) is 9.59 Å². The molecule has 0 fully saturated rings. The third-order valence-electron chi connectivity index (χ3n) is 2.37. The van der Waals surface area contributed by atoms with Crippen LogP contribution >= 0.6 is 0 Å². The quantitative estimate of drug-likeness (QED) is 0.588. The Labute approximate surface area is 98.0 Å². The van der Waals surface area contributed by atoms with Crippen molar-refractivity contribution in [2.45, 2.75) is 13.3 Å². The summed E-state index contributed by atoms with van der Waals surface area (Å²) in [6.45, 7) is 2.07. The van der Waals surface area contributed by atoms with Crippen molar-refractivity contribution in [3.63, 3.8) is 0 Å². The van der Waals surface area contributed by atoms with E-state index < -0.39 is 5.97 Å². The van der Waals surface area contributed by atoms with E-state index in [2.05, 4.69) is 4.98 Å². The molecule has 0 saturated heterocycles. The van der Waals surface area contributed by atoms with Crippen molar-refractivity contribution in [1.82, 2.24) is 9.38 Å². The molecule has 2 heterocycles. The second-order valence-corrected chi connectivity index (χ2v) is 3.50. The molecule has 0 saturated carbocycles. The standard InChI is InChI=1S/C12H12N2O3/c1-2-17-12(16)10-7-13-11-4-3-9(5-6-15)8-14(10)11/h3-4,6-8H,2,5H2,1H3. The van der Waals surface area contributed by atoms with Crippen molar-refractivity contribution < 1.29 is 14.3 Å². The Morgan fingerprint density at radius 2 is 2.35 bits per heavy atom. The number of ether oxygens (including phenoxy) is 1. The van der Waals surface area contributed by atoms with Gasteiger partial charge in [-0.3, -0.25) is 4.40 Å². The van der Waals surface area contributed by atoms with Gasteiger partial charge in [-0.25, -0.2) is 9.78 Å². The van der Waals surface area contributed by atoms with Gasteiger partial charge in [0.15, 0.2) is 5.69 Å². The first kappa shape index (κ1) is 11.3. The largest absolute Gasteiger partial charge is 0.461 e. The zero-order chi connectivity index (χ0) is 12.3. The molecule has 0 unspecified atom stereocenters. The Bertz CT molecular complexity index is 560. The van der Waals surface area contributed by atoms with Crippen LogP contribution in [-0.4, -0.2) is 28.2 Å². The van der Waals surface area contributed by atoms with Crippen molar-refractivity contribution >= 4 is 17.9 Å². The van der Waals surface area contributed by atoms with Crippen molar-refractivity contribution in [2.24, 2.45) is 0 Å². The fourth-order valence-electron chi connectivity index (χ4n) is 1.60. The lowest BCUT2D eigenvalue weighted by Crippen LogP contribution is -2.08. The van der Waals surface area contributed by atoms with Crippen molar-refractivity contribution in [2.75, 3.05) is 6.61 Å². The number of nitrogens with zero attached hydrogens (tertiary/aromatic N) is 2. The van der Waals surface area contributed by atoms with Crippen LogP contribution in [0.1, 0.15) is 23.0 Å². The summed E-state index contributed by atoms with van der Waals surface area (Å²) in [6, 6.07) is 3.58. The monoisotopic (exact) mass is 232 g/mol. The summed E-state index contributed by atoms with van der Waals surface area (Å²) in [5.41, 5.74) is 1.85. The summed E-state index contributed by atoms with van der Waals surface area (Å²) in [7, 11) is 0. The van der Waals surface area contributed by atoms with Crippen LogP contribution in [0.15, 0.2) is 24.5 Å². The second-order valence-electron chi connectivity index (χ2n) is 3.50. The summed E-state index contributed by atoms with van der Waals surface area (Å²) in [5, 5.41) is 0. The van der Waals surface area contributed by atoms with Crippen molar-refractivity contribution in [3.05, 3.63) is 35.8 Å². The van der Waals surface area contributed by atoms with Crippen molar-refractivity contribution in [1.29, 1.82) is 0 Å². The summed E-state index contributed by atoms with van der Waals surface area (Å²) < 4.78 is 6.56. The van der Waals surface area contributed by atoms with Crippen LogP contribution in [0, 0.1) is 0 Å². The van der Waals surface area contributed by atoms with E-state index in [0.717, 1.165) is 11.8 Å². The first-order valence-corrected chi connectivity index (χ1v) is 5.33. The summed E-state index contributed by atoms with van der Waals surface area (Å²) in [4.78, 5) is 26.2. The minimum Gasteiger partial charge on any atom is -0.461 e. The van der Waals surface area contributed by atoms with E-state index in [0.29, 0.717) is 24.4 Å². The van der Waals surface area contributed by atoms with Gasteiger partial charge in [-0.15, -0.1) is 0 Å². The SMILES string of the molecule is CCOC(=O)c1cnc2ccc(CC=O)cn12. The minimum absolute atomic E-state index is 0.316. The molecule has 0 spiro atoms. The van der Waals surface area contributed by atoms with Crippen LogP contribution < -0.4 is 0 Å². The fourth-order valence-corrected chi connectivity index (χ4v) is 1.60. The molecule has 0 atom stereocenters. The first-order chi connectivity index (χ1) is 8.26. The molecule has 2 rings (SSSR count). The maximum Gasteiger partial charge on any atom is 0.356 e. The van der Waals surface area contributed by atoms with Gasteiger partial charge in [-0.2, -0.15) is 0 Å². The highest BCUT2D eigenvalue weighted by atomic mass is 16.5. The average Bonchev–Trinajstić information content (AvgIpc) is 2.73. The minimum atomic E-state index is -0.414. The fraction of sp³-hybridized carbons (Fsp3) is 0.250. The van der Waals surface area contributed by atoms with Crippen LogP contribution in [-0.2, 0) is 16.0 Å². The zero-order valence-corrected chi connectivity index (χ0v) is 9.42. The third kappa shape index (κ3) is 2.18. The number of aldehydes is 1. The van der Waals surface area contributed by atoms with Crippen LogP contribution in [0.4, 0.5) is 0 Å². The number of esters is 1. The molecule has 0 aliphatic heterocycles. The first-order valence-electron chi connectivity index (χ1n) is 5.33. The molecule has 0 aliphatic rings. The molecule has 0 amide bonds. The number of aromatic nitrogens is 2. The molecule has 0 radical (unpaired) electrons. The highest BCUT2D eigenvalue weighted by molar-refractivity contribution is 5.88. The van der Waals surface area contributed by atoms with Gasteiger partial charge in [0.2, 0.25) is 0 Å². The lowest BCUT2D eigenvalue weighted by molar-refractivity contribution is -0.107. The maximum absolute atomic E-state index is 11.6. The number of fused-ring (bicyclic) bond motifs is 1. The van der Waals surface area contributed by atoms with Gasteiger partial charge >= 0.3 is 5.97 Å². The smallest absolute Gasteiger partial charge is 0.356 e. The number of carbonyl (C=O) groups is 2. The van der Waals surface area contributed by atoms with E-state index in [-0.39, 0.29) is 0 Å². The van der Waals surface area contributed by atoms with Gasteiger partial charge in [0.25, 0.3) is 0 Å². The predicted molar refractivity (Wildman–Crippen MR) is 60.9 cm³/mol. The molecule has 5 heteroatoms. The average molecular weight is 232 g/mol. The normalized spacial score (nSPS) is 10.4. The molecular formula is C12H12N2O3. The van der Waals surface area contributed by atoms with E-state index >= 15 is 0 Å². The maximum atomic E-state index is 11.6. The Hall–Kier alpha value is -2.17. The Kier molecular flexibility index (Phi) is 3.18. The number of hydrogen-bond donors (Lipinski definition) is 0. The highest BCUT2D eigenvalue weighted by Crippen LogP contribution is 2.10. The molecule has 88 valence electrons. The van der Waals surface area contributed by atoms with Crippen LogP contribution in [0.5, 0.6) is 0 Å². The highest BCUT2D eigenvalue weighted by Gasteiger charge is 2.12. The summed E-state index contributed by atoms with van der Waals surface area (Å²) >= 11 is 0. The predicted octanol–water partition coefficient (Wildman–Crippen LogP) is 1.25. The van der Waals surface area contributed by atoms with E-state index in [1.165, 1.54) is 6.20 Å². The van der Waals surface area contributed by atoms with Crippen LogP contribution in [0.25, 0.3) is 5.65 Å². The van der Waals surface area contributed by atoms with Gasteiger partial charge in [0.05, 0.1) is 12.8 Å². The Morgan fingerprint density at radius 3 is 3.06 bits per heavy atom. The molecule has 2 aromatic rings. The van der Waals surface area contributed by atoms with Gasteiger partial charge in [-0.1, -0.05) is 6.07 Å². The van der Waals surface area contributed by atoms with E-state index in [1.54, 1.807) is 23.6 Å². The molecular weight excluding hydrogens is 220 g/mol. The number of rotatable bonds is 4. The molecule has 0 N–H and O–H groups in total. The summed E-state index contributed by atoms with van der Waals surface area (Å²) in [6.07, 6.45) is 4.33. The zero-order valence-electron chi connectivity index (χ0n) is 9.42. The number of pyridine rings is 1. The Balaban J connectivity index is 2.46. The lowest BCUT2D eigenvalue weighted by Gasteiger charge is -2.03.